The van der Waals surface area contributed by atoms with E-state index in [0.29, 0.717) is 32.0 Å². The molecule has 2 aliphatic carbocycles. The SMILES string of the molecule is CS(=O)(=O)N1CCN(c2cc(-n3ncc4ccc([C@]5(C#N)CC56CC6)cc43)ncn2)CC1. The second-order valence-corrected chi connectivity index (χ2v) is 11.2. The number of nitriles is 1. The summed E-state index contributed by atoms with van der Waals surface area (Å²) in [6.07, 6.45) is 7.80. The highest BCUT2D eigenvalue weighted by molar-refractivity contribution is 7.88. The van der Waals surface area contributed by atoms with E-state index in [-0.39, 0.29) is 10.8 Å². The van der Waals surface area contributed by atoms with Crippen LogP contribution in [0.1, 0.15) is 24.8 Å². The summed E-state index contributed by atoms with van der Waals surface area (Å²) in [5.74, 6) is 1.39. The highest BCUT2D eigenvalue weighted by Gasteiger charge is 2.75. The fourth-order valence-electron chi connectivity index (χ4n) is 5.19. The van der Waals surface area contributed by atoms with Crippen LogP contribution < -0.4 is 4.90 Å². The molecule has 0 unspecified atom stereocenters. The minimum absolute atomic E-state index is 0.205. The zero-order chi connectivity index (χ0) is 22.1. The van der Waals surface area contributed by atoms with Gasteiger partial charge in [0, 0.05) is 37.6 Å². The van der Waals surface area contributed by atoms with E-state index < -0.39 is 10.0 Å². The van der Waals surface area contributed by atoms with Crippen LogP contribution in [-0.4, -0.2) is 64.9 Å². The van der Waals surface area contributed by atoms with Gasteiger partial charge < -0.3 is 4.90 Å². The molecule has 9 nitrogen and oxygen atoms in total. The van der Waals surface area contributed by atoms with E-state index in [9.17, 15) is 13.7 Å². The molecular formula is C22H23N7O2S. The van der Waals surface area contributed by atoms with E-state index in [0.717, 1.165) is 41.5 Å². The van der Waals surface area contributed by atoms with Gasteiger partial charge in [-0.05, 0) is 36.3 Å². The van der Waals surface area contributed by atoms with Crippen molar-refractivity contribution in [2.45, 2.75) is 24.7 Å². The van der Waals surface area contributed by atoms with E-state index in [1.165, 1.54) is 16.9 Å². The van der Waals surface area contributed by atoms with Crippen LogP contribution in [0.4, 0.5) is 5.82 Å². The van der Waals surface area contributed by atoms with Gasteiger partial charge in [-0.2, -0.15) is 14.7 Å². The smallest absolute Gasteiger partial charge is 0.211 e. The van der Waals surface area contributed by atoms with Gasteiger partial charge in [-0.1, -0.05) is 12.1 Å². The van der Waals surface area contributed by atoms with Gasteiger partial charge in [0.05, 0.1) is 29.5 Å². The lowest BCUT2D eigenvalue weighted by Gasteiger charge is -2.33. The molecule has 0 amide bonds. The van der Waals surface area contributed by atoms with Crippen molar-refractivity contribution in [1.82, 2.24) is 24.1 Å². The number of hydrogen-bond donors (Lipinski definition) is 0. The number of aromatic nitrogens is 4. The molecule has 3 fully saturated rings. The molecule has 3 heterocycles. The molecule has 1 atom stereocenters. The first-order valence-electron chi connectivity index (χ1n) is 10.8. The van der Waals surface area contributed by atoms with Crippen molar-refractivity contribution in [1.29, 1.82) is 5.26 Å². The maximum atomic E-state index is 11.8. The third-order valence-electron chi connectivity index (χ3n) is 7.38. The van der Waals surface area contributed by atoms with Crippen LogP contribution in [0, 0.1) is 16.7 Å². The van der Waals surface area contributed by atoms with Gasteiger partial charge in [-0.25, -0.2) is 23.1 Å². The fourth-order valence-corrected chi connectivity index (χ4v) is 6.02. The van der Waals surface area contributed by atoms with Crippen LogP contribution in [0.5, 0.6) is 0 Å². The maximum Gasteiger partial charge on any atom is 0.211 e. The molecule has 10 heteroatoms. The van der Waals surface area contributed by atoms with E-state index >= 15 is 0 Å². The molecule has 3 aromatic rings. The molecule has 1 spiro atoms. The van der Waals surface area contributed by atoms with E-state index in [2.05, 4.69) is 38.2 Å². The summed E-state index contributed by atoms with van der Waals surface area (Å²) in [5.41, 5.74) is 1.84. The van der Waals surface area contributed by atoms with Crippen LogP contribution in [0.3, 0.4) is 0 Å². The lowest BCUT2D eigenvalue weighted by molar-refractivity contribution is 0.387. The number of sulfonamides is 1. The molecular weight excluding hydrogens is 426 g/mol. The lowest BCUT2D eigenvalue weighted by Crippen LogP contribution is -2.48. The number of anilines is 1. The van der Waals surface area contributed by atoms with Gasteiger partial charge in [0.25, 0.3) is 0 Å². The minimum Gasteiger partial charge on any atom is -0.354 e. The summed E-state index contributed by atoms with van der Waals surface area (Å²) in [6.45, 7) is 2.01. The van der Waals surface area contributed by atoms with Crippen molar-refractivity contribution in [2.75, 3.05) is 37.3 Å². The summed E-state index contributed by atoms with van der Waals surface area (Å²) in [7, 11) is -3.18. The fraction of sp³-hybridized carbons (Fsp3) is 0.455. The molecule has 164 valence electrons. The molecule has 0 radical (unpaired) electrons. The predicted molar refractivity (Wildman–Crippen MR) is 119 cm³/mol. The molecule has 6 rings (SSSR count). The van der Waals surface area contributed by atoms with Gasteiger partial charge in [0.2, 0.25) is 10.0 Å². The van der Waals surface area contributed by atoms with Crippen LogP contribution in [0.15, 0.2) is 36.8 Å². The van der Waals surface area contributed by atoms with Crippen molar-refractivity contribution in [2.24, 2.45) is 5.41 Å². The molecule has 32 heavy (non-hydrogen) atoms. The minimum atomic E-state index is -3.18. The highest BCUT2D eigenvalue weighted by atomic mass is 32.2. The number of hydrogen-bond acceptors (Lipinski definition) is 7. The Morgan fingerprint density at radius 2 is 1.81 bits per heavy atom. The molecule has 2 saturated carbocycles. The molecule has 3 aliphatic rings. The molecule has 2 aromatic heterocycles. The molecule has 0 N–H and O–H groups in total. The molecule has 1 aromatic carbocycles. The normalized spacial score (nSPS) is 24.6. The largest absolute Gasteiger partial charge is 0.354 e. The topological polar surface area (TPSA) is 108 Å². The Hall–Kier alpha value is -3.03. The van der Waals surface area contributed by atoms with Crippen molar-refractivity contribution < 1.29 is 8.42 Å². The quantitative estimate of drug-likeness (QED) is 0.598. The van der Waals surface area contributed by atoms with Crippen LogP contribution in [0.25, 0.3) is 16.7 Å². The zero-order valence-corrected chi connectivity index (χ0v) is 18.6. The molecule has 1 aliphatic heterocycles. The number of fused-ring (bicyclic) bond motifs is 1. The van der Waals surface area contributed by atoms with E-state index in [1.807, 2.05) is 18.3 Å². The second-order valence-electron chi connectivity index (χ2n) is 9.19. The Balaban J connectivity index is 1.32. The standard InChI is InChI=1S/C22H23N7O2S/c1-32(30,31)28-8-6-27(7-9-28)19-11-20(25-15-24-19)29-18-10-17(3-2-16(18)12-26-29)22(14-23)13-21(22)4-5-21/h2-3,10-12,15H,4-9,13H2,1H3/t22-/m1/s1. The summed E-state index contributed by atoms with van der Waals surface area (Å²) in [6, 6.07) is 10.7. The second kappa shape index (κ2) is 6.49. The Morgan fingerprint density at radius 1 is 1.06 bits per heavy atom. The summed E-state index contributed by atoms with van der Waals surface area (Å²) in [5, 5.41) is 15.5. The summed E-state index contributed by atoms with van der Waals surface area (Å²) in [4.78, 5) is 10.9. The number of piperazine rings is 1. The van der Waals surface area contributed by atoms with Crippen molar-refractivity contribution in [3.63, 3.8) is 0 Å². The van der Waals surface area contributed by atoms with Crippen molar-refractivity contribution in [3.05, 3.63) is 42.4 Å². The average molecular weight is 450 g/mol. The van der Waals surface area contributed by atoms with Gasteiger partial charge in [0.1, 0.15) is 12.1 Å². The van der Waals surface area contributed by atoms with Crippen LogP contribution >= 0.6 is 0 Å². The lowest BCUT2D eigenvalue weighted by atomic mass is 9.93. The van der Waals surface area contributed by atoms with Gasteiger partial charge in [-0.15, -0.1) is 0 Å². The first kappa shape index (κ1) is 19.6. The number of benzene rings is 1. The maximum absolute atomic E-state index is 11.8. The van der Waals surface area contributed by atoms with Gasteiger partial charge >= 0.3 is 0 Å². The summed E-state index contributed by atoms with van der Waals surface area (Å²) < 4.78 is 26.8. The monoisotopic (exact) mass is 449 g/mol. The molecule has 1 saturated heterocycles. The van der Waals surface area contributed by atoms with Gasteiger partial charge in [0.15, 0.2) is 5.82 Å². The van der Waals surface area contributed by atoms with Gasteiger partial charge in [-0.3, -0.25) is 0 Å². The Labute approximate surface area is 186 Å². The van der Waals surface area contributed by atoms with E-state index in [1.54, 1.807) is 4.68 Å². The Kier molecular flexibility index (Phi) is 3.99. The first-order valence-corrected chi connectivity index (χ1v) is 12.6. The first-order chi connectivity index (χ1) is 15.4. The Bertz CT molecular complexity index is 1380. The Morgan fingerprint density at radius 3 is 2.47 bits per heavy atom. The molecule has 0 bridgehead atoms. The third kappa shape index (κ3) is 2.84. The van der Waals surface area contributed by atoms with Crippen LogP contribution in [-0.2, 0) is 15.4 Å². The number of rotatable bonds is 4. The summed E-state index contributed by atoms with van der Waals surface area (Å²) >= 11 is 0. The van der Waals surface area contributed by atoms with E-state index in [4.69, 9.17) is 0 Å². The average Bonchev–Trinajstić information content (AvgIpc) is 3.68. The van der Waals surface area contributed by atoms with Crippen LogP contribution in [0.2, 0.25) is 0 Å². The van der Waals surface area contributed by atoms with Crippen molar-refractivity contribution >= 4 is 26.7 Å². The predicted octanol–water partition coefficient (Wildman–Crippen LogP) is 1.84. The van der Waals surface area contributed by atoms with Crippen molar-refractivity contribution in [3.8, 4) is 11.9 Å². The third-order valence-corrected chi connectivity index (χ3v) is 8.68. The number of nitrogens with zero attached hydrogens (tertiary/aromatic N) is 7. The zero-order valence-electron chi connectivity index (χ0n) is 17.8. The highest BCUT2D eigenvalue weighted by Crippen LogP contribution is 2.78.